The molecule has 0 aromatic rings. The van der Waals surface area contributed by atoms with Crippen LogP contribution in [0, 0.1) is 28.1 Å². The second-order valence-electron chi connectivity index (χ2n) is 12.2. The second-order valence-corrected chi connectivity index (χ2v) is 14.4. The molecule has 0 aromatic carbocycles. The van der Waals surface area contributed by atoms with Crippen molar-refractivity contribution in [2.75, 3.05) is 4.43 Å². The van der Waals surface area contributed by atoms with E-state index in [1.54, 1.807) is 30.4 Å². The van der Waals surface area contributed by atoms with E-state index in [1.165, 1.54) is 18.2 Å². The number of aliphatic hydroxyl groups is 2. The summed E-state index contributed by atoms with van der Waals surface area (Å²) in [5.41, 5.74) is -0.641. The van der Waals surface area contributed by atoms with Gasteiger partial charge in [0.2, 0.25) is 0 Å². The molecule has 5 aliphatic carbocycles. The number of hydrogen-bond donors (Lipinski definition) is 4. The summed E-state index contributed by atoms with van der Waals surface area (Å²) in [6.07, 6.45) is 17.1. The fourth-order valence-corrected chi connectivity index (χ4v) is 7.56. The zero-order chi connectivity index (χ0) is 29.1. The maximum absolute atomic E-state index is 16.1. The zero-order valence-corrected chi connectivity index (χ0v) is 26.7. The fraction of sp³-hybridized carbons (Fsp3) is 0.438. The van der Waals surface area contributed by atoms with E-state index in [-0.39, 0.29) is 39.9 Å². The Morgan fingerprint density at radius 1 is 1.02 bits per heavy atom. The minimum absolute atomic E-state index is 0.00178. The first-order chi connectivity index (χ1) is 18.7. The number of halogens is 3. The Bertz CT molecular complexity index is 1380. The van der Waals surface area contributed by atoms with Crippen molar-refractivity contribution in [2.24, 2.45) is 28.1 Å². The molecule has 0 saturated heterocycles. The first kappa shape index (κ1) is 29.8. The highest BCUT2D eigenvalue weighted by atomic mass is 127. The molecule has 1 saturated carbocycles. The summed E-state index contributed by atoms with van der Waals surface area (Å²) >= 11 is 11.5. The molecule has 5 rings (SSSR count). The number of alkyl halides is 3. The van der Waals surface area contributed by atoms with E-state index in [9.17, 15) is 10.2 Å². The van der Waals surface area contributed by atoms with Crippen LogP contribution < -0.4 is 0 Å². The third-order valence-electron chi connectivity index (χ3n) is 8.55. The van der Waals surface area contributed by atoms with E-state index in [2.05, 4.69) is 41.3 Å². The molecule has 0 radical (unpaired) electrons. The Labute approximate surface area is 259 Å². The molecule has 0 heterocycles. The van der Waals surface area contributed by atoms with Gasteiger partial charge in [0.25, 0.3) is 0 Å². The van der Waals surface area contributed by atoms with Crippen LogP contribution >= 0.6 is 47.8 Å². The van der Waals surface area contributed by atoms with E-state index in [1.807, 2.05) is 32.9 Å². The van der Waals surface area contributed by atoms with Crippen molar-refractivity contribution in [3.8, 4) is 0 Å². The summed E-state index contributed by atoms with van der Waals surface area (Å²) in [6, 6.07) is 0. The van der Waals surface area contributed by atoms with Gasteiger partial charge in [0.1, 0.15) is 17.3 Å². The lowest BCUT2D eigenvalue weighted by atomic mass is 9.70. The minimum atomic E-state index is -3.65. The van der Waals surface area contributed by atoms with Crippen molar-refractivity contribution in [2.45, 2.75) is 51.4 Å². The lowest BCUT2D eigenvalue weighted by Gasteiger charge is -2.34. The molecule has 0 bridgehead atoms. The average Bonchev–Trinajstić information content (AvgIpc) is 3.77. The van der Waals surface area contributed by atoms with Gasteiger partial charge in [0.15, 0.2) is 0 Å². The van der Waals surface area contributed by atoms with Crippen LogP contribution in [0.25, 0.3) is 0 Å². The molecule has 0 spiro atoms. The largest absolute Gasteiger partial charge is 0.508 e. The van der Waals surface area contributed by atoms with Crippen LogP contribution in [0.4, 0.5) is 8.78 Å². The van der Waals surface area contributed by atoms with Crippen molar-refractivity contribution in [1.29, 1.82) is 0 Å². The summed E-state index contributed by atoms with van der Waals surface area (Å²) in [5.74, 6) is 0.205. The standard InChI is InChI=1S/C32H35F2IO3S2/c1-29(9-4-10-35)15-21(36)7-8-23(17-29)38-32(33,34)20-6-5-19-11-22(37)16-30(2,24-12-27(24)39)18-26(19)31(3,14-20)25-13-28(25)40/h5-8,11-12,14-18,24-25,28,36-37,39-40H,4,9-10,13H2,1-3H3. The zero-order valence-electron chi connectivity index (χ0n) is 22.7. The molecule has 6 unspecified atom stereocenters. The Morgan fingerprint density at radius 3 is 2.35 bits per heavy atom. The summed E-state index contributed by atoms with van der Waals surface area (Å²) < 4.78 is 38.5. The summed E-state index contributed by atoms with van der Waals surface area (Å²) in [6.45, 7) is 5.92. The van der Waals surface area contributed by atoms with Gasteiger partial charge in [-0.25, -0.2) is 0 Å². The first-order valence-corrected chi connectivity index (χ1v) is 16.0. The number of fused-ring (bicyclic) bond motifs is 1. The van der Waals surface area contributed by atoms with Gasteiger partial charge in [-0.05, 0) is 88.2 Å². The first-order valence-electron chi connectivity index (χ1n) is 13.5. The van der Waals surface area contributed by atoms with E-state index < -0.39 is 22.4 Å². The monoisotopic (exact) mass is 696 g/mol. The summed E-state index contributed by atoms with van der Waals surface area (Å²) in [7, 11) is 0. The molecule has 1 fully saturated rings. The van der Waals surface area contributed by atoms with Crippen molar-refractivity contribution < 1.29 is 23.7 Å². The predicted molar refractivity (Wildman–Crippen MR) is 172 cm³/mol. The van der Waals surface area contributed by atoms with Crippen LogP contribution in [0.15, 0.2) is 106 Å². The molecule has 3 nitrogen and oxygen atoms in total. The van der Waals surface area contributed by atoms with Gasteiger partial charge in [0.05, 0.1) is 5.57 Å². The SMILES string of the molecule is CC1(CCCI)C=C(O)C=CC(OC(F)(F)C2=CC(C)(C3CC3S)C3=CC(C)(C4C=C4S)C=C(O)C=C3C=C2)=C1. The van der Waals surface area contributed by atoms with Crippen molar-refractivity contribution >= 4 is 47.8 Å². The Hall–Kier alpha value is -1.65. The van der Waals surface area contributed by atoms with Gasteiger partial charge in [-0.1, -0.05) is 67.7 Å². The van der Waals surface area contributed by atoms with Crippen molar-refractivity contribution in [3.63, 3.8) is 0 Å². The van der Waals surface area contributed by atoms with Gasteiger partial charge in [-0.3, -0.25) is 0 Å². The number of thiol groups is 2. The fourth-order valence-electron chi connectivity index (χ4n) is 6.21. The van der Waals surface area contributed by atoms with Crippen LogP contribution in [0.2, 0.25) is 0 Å². The molecule has 40 heavy (non-hydrogen) atoms. The normalized spacial score (nSPS) is 36.8. The highest BCUT2D eigenvalue weighted by molar-refractivity contribution is 14.1. The average molecular weight is 697 g/mol. The van der Waals surface area contributed by atoms with Gasteiger partial charge < -0.3 is 14.9 Å². The topological polar surface area (TPSA) is 49.7 Å². The Kier molecular flexibility index (Phi) is 7.88. The van der Waals surface area contributed by atoms with E-state index in [0.717, 1.165) is 27.7 Å². The molecule has 0 aliphatic heterocycles. The third-order valence-corrected chi connectivity index (χ3v) is 10.3. The van der Waals surface area contributed by atoms with Crippen molar-refractivity contribution in [1.82, 2.24) is 0 Å². The van der Waals surface area contributed by atoms with Crippen LogP contribution in [0.5, 0.6) is 0 Å². The van der Waals surface area contributed by atoms with Gasteiger partial charge >= 0.3 is 6.11 Å². The Morgan fingerprint density at radius 2 is 1.73 bits per heavy atom. The van der Waals surface area contributed by atoms with Crippen molar-refractivity contribution in [3.05, 3.63) is 106 Å². The second kappa shape index (κ2) is 10.6. The predicted octanol–water partition coefficient (Wildman–Crippen LogP) is 9.29. The maximum Gasteiger partial charge on any atom is 0.426 e. The molecule has 8 heteroatoms. The number of hydrogen-bond acceptors (Lipinski definition) is 5. The molecule has 214 valence electrons. The molecule has 0 aromatic heterocycles. The van der Waals surface area contributed by atoms with Gasteiger partial charge in [-0.15, -0.1) is 12.6 Å². The molecule has 5 aliphatic rings. The highest BCUT2D eigenvalue weighted by Crippen LogP contribution is 2.60. The molecule has 2 N–H and O–H groups in total. The van der Waals surface area contributed by atoms with Gasteiger partial charge in [0, 0.05) is 27.4 Å². The van der Waals surface area contributed by atoms with Crippen LogP contribution in [0.3, 0.4) is 0 Å². The number of ether oxygens (including phenoxy) is 1. The van der Waals surface area contributed by atoms with Gasteiger partial charge in [-0.2, -0.15) is 21.4 Å². The Balaban J connectivity index is 1.55. The third kappa shape index (κ3) is 5.95. The van der Waals surface area contributed by atoms with Crippen LogP contribution in [0.1, 0.15) is 40.0 Å². The number of rotatable bonds is 8. The van der Waals surface area contributed by atoms with E-state index in [0.29, 0.717) is 12.0 Å². The highest BCUT2D eigenvalue weighted by Gasteiger charge is 2.53. The summed E-state index contributed by atoms with van der Waals surface area (Å²) in [5, 5.41) is 21.2. The number of aliphatic hydroxyl groups excluding tert-OH is 2. The molecular formula is C32H35F2IO3S2. The minimum Gasteiger partial charge on any atom is -0.508 e. The number of allylic oxidation sites excluding steroid dienone is 13. The smallest absolute Gasteiger partial charge is 0.426 e. The summed E-state index contributed by atoms with van der Waals surface area (Å²) in [4.78, 5) is 0.947. The molecule has 6 atom stereocenters. The quantitative estimate of drug-likeness (QED) is 0.116. The van der Waals surface area contributed by atoms with Crippen LogP contribution in [-0.2, 0) is 4.74 Å². The molecule has 0 amide bonds. The lowest BCUT2D eigenvalue weighted by molar-refractivity contribution is -0.177. The van der Waals surface area contributed by atoms with Crippen LogP contribution in [-0.4, -0.2) is 26.0 Å². The van der Waals surface area contributed by atoms with E-state index in [4.69, 9.17) is 17.4 Å². The maximum atomic E-state index is 16.1. The van der Waals surface area contributed by atoms with E-state index >= 15 is 8.78 Å². The lowest BCUT2D eigenvalue weighted by Crippen LogP contribution is -2.28. The molecular weight excluding hydrogens is 661 g/mol.